The highest BCUT2D eigenvalue weighted by molar-refractivity contribution is 5.81. The number of carboxylic acid groups (broad SMARTS) is 2. The number of hydrogen-bond acceptors (Lipinski definition) is 7. The molecule has 10 heteroatoms. The minimum absolute atomic E-state index is 0.0100. The standard InChI is InChI=1S/C30H41NO9/c1-29(2,3)39-25-17-21(12-13-24(25)38-15-14-37-19-20-10-8-7-9-11-20)16-22(26(32)33)18-23(27(34)35)31-28(36)40-30(4,5)6/h7-13,17,22-23H,14-16,18-19H2,1-6H3,(H,31,36)(H,32,33)(H,34,35)/t22-,23-/m0/s1. The van der Waals surface area contributed by atoms with Crippen molar-refractivity contribution < 1.29 is 43.5 Å². The lowest BCUT2D eigenvalue weighted by molar-refractivity contribution is -0.144. The molecule has 0 bridgehead atoms. The van der Waals surface area contributed by atoms with Gasteiger partial charge in [-0.1, -0.05) is 36.4 Å². The van der Waals surface area contributed by atoms with E-state index in [1.165, 1.54) is 0 Å². The van der Waals surface area contributed by atoms with Crippen LogP contribution in [0.15, 0.2) is 48.5 Å². The fourth-order valence-electron chi connectivity index (χ4n) is 3.69. The van der Waals surface area contributed by atoms with E-state index in [0.717, 1.165) is 5.56 Å². The van der Waals surface area contributed by atoms with E-state index < -0.39 is 41.2 Å². The summed E-state index contributed by atoms with van der Waals surface area (Å²) in [5, 5.41) is 21.7. The van der Waals surface area contributed by atoms with Gasteiger partial charge in [-0.15, -0.1) is 0 Å². The molecule has 0 aliphatic heterocycles. The fraction of sp³-hybridized carbons (Fsp3) is 0.500. The van der Waals surface area contributed by atoms with Gasteiger partial charge in [-0.3, -0.25) is 4.79 Å². The van der Waals surface area contributed by atoms with E-state index in [1.807, 2.05) is 51.1 Å². The third-order valence-electron chi connectivity index (χ3n) is 5.36. The first kappa shape index (κ1) is 32.4. The Balaban J connectivity index is 2.10. The molecule has 0 aliphatic carbocycles. The van der Waals surface area contributed by atoms with Crippen LogP contribution in [0.2, 0.25) is 0 Å². The van der Waals surface area contributed by atoms with Gasteiger partial charge in [-0.2, -0.15) is 0 Å². The number of carbonyl (C=O) groups is 3. The number of carboxylic acids is 2. The molecule has 0 saturated carbocycles. The van der Waals surface area contributed by atoms with Gasteiger partial charge in [-0.05, 0) is 77.6 Å². The fourth-order valence-corrected chi connectivity index (χ4v) is 3.69. The first-order valence-electron chi connectivity index (χ1n) is 13.1. The molecule has 40 heavy (non-hydrogen) atoms. The second kappa shape index (κ2) is 14.6. The van der Waals surface area contributed by atoms with Crippen molar-refractivity contribution in [3.63, 3.8) is 0 Å². The van der Waals surface area contributed by atoms with Crippen molar-refractivity contribution in [3.05, 3.63) is 59.7 Å². The molecule has 220 valence electrons. The molecule has 2 aromatic rings. The maximum Gasteiger partial charge on any atom is 0.408 e. The highest BCUT2D eigenvalue weighted by Crippen LogP contribution is 2.32. The molecule has 0 aliphatic rings. The Labute approximate surface area is 235 Å². The lowest BCUT2D eigenvalue weighted by atomic mass is 9.92. The maximum atomic E-state index is 12.1. The van der Waals surface area contributed by atoms with Crippen LogP contribution < -0.4 is 14.8 Å². The van der Waals surface area contributed by atoms with Crippen LogP contribution in [0.25, 0.3) is 0 Å². The average Bonchev–Trinajstić information content (AvgIpc) is 2.82. The number of benzene rings is 2. The van der Waals surface area contributed by atoms with E-state index in [-0.39, 0.29) is 19.4 Å². The highest BCUT2D eigenvalue weighted by Gasteiger charge is 2.30. The van der Waals surface area contributed by atoms with Crippen molar-refractivity contribution in [1.82, 2.24) is 5.32 Å². The summed E-state index contributed by atoms with van der Waals surface area (Å²) in [6.45, 7) is 11.7. The topological polar surface area (TPSA) is 141 Å². The van der Waals surface area contributed by atoms with Gasteiger partial charge >= 0.3 is 18.0 Å². The molecule has 0 spiro atoms. The Morgan fingerprint density at radius 1 is 0.825 bits per heavy atom. The summed E-state index contributed by atoms with van der Waals surface area (Å²) in [6.07, 6.45) is -1.26. The summed E-state index contributed by atoms with van der Waals surface area (Å²) in [7, 11) is 0. The number of ether oxygens (including phenoxy) is 4. The summed E-state index contributed by atoms with van der Waals surface area (Å²) in [6, 6.07) is 13.4. The van der Waals surface area contributed by atoms with Crippen LogP contribution in [0, 0.1) is 5.92 Å². The van der Waals surface area contributed by atoms with Crippen LogP contribution in [-0.4, -0.2) is 58.7 Å². The van der Waals surface area contributed by atoms with Crippen LogP contribution in [-0.2, 0) is 32.1 Å². The number of nitrogens with one attached hydrogen (secondary N) is 1. The molecule has 2 aromatic carbocycles. The van der Waals surface area contributed by atoms with Gasteiger partial charge < -0.3 is 34.5 Å². The quantitative estimate of drug-likeness (QED) is 0.271. The Bertz CT molecular complexity index is 1120. The predicted molar refractivity (Wildman–Crippen MR) is 149 cm³/mol. The van der Waals surface area contributed by atoms with Crippen molar-refractivity contribution >= 4 is 18.0 Å². The third-order valence-corrected chi connectivity index (χ3v) is 5.36. The smallest absolute Gasteiger partial charge is 0.408 e. The monoisotopic (exact) mass is 559 g/mol. The molecule has 0 saturated heterocycles. The van der Waals surface area contributed by atoms with Gasteiger partial charge in [0, 0.05) is 0 Å². The third kappa shape index (κ3) is 12.4. The number of amides is 1. The second-order valence-electron chi connectivity index (χ2n) is 11.4. The van der Waals surface area contributed by atoms with Crippen molar-refractivity contribution in [2.75, 3.05) is 13.2 Å². The molecular weight excluding hydrogens is 518 g/mol. The minimum Gasteiger partial charge on any atom is -0.487 e. The molecule has 10 nitrogen and oxygen atoms in total. The summed E-state index contributed by atoms with van der Waals surface area (Å²) >= 11 is 0. The van der Waals surface area contributed by atoms with Crippen molar-refractivity contribution in [3.8, 4) is 11.5 Å². The first-order valence-corrected chi connectivity index (χ1v) is 13.1. The van der Waals surface area contributed by atoms with Gasteiger partial charge in [0.25, 0.3) is 0 Å². The van der Waals surface area contributed by atoms with Crippen LogP contribution >= 0.6 is 0 Å². The molecule has 0 heterocycles. The number of carbonyl (C=O) groups excluding carboxylic acids is 1. The summed E-state index contributed by atoms with van der Waals surface area (Å²) in [5.41, 5.74) is 0.280. The number of hydrogen-bond donors (Lipinski definition) is 3. The average molecular weight is 560 g/mol. The van der Waals surface area contributed by atoms with Crippen molar-refractivity contribution in [2.24, 2.45) is 5.92 Å². The van der Waals surface area contributed by atoms with Crippen LogP contribution in [0.3, 0.4) is 0 Å². The number of alkyl carbamates (subject to hydrolysis) is 1. The van der Waals surface area contributed by atoms with E-state index in [1.54, 1.807) is 39.0 Å². The van der Waals surface area contributed by atoms with E-state index in [0.29, 0.717) is 30.3 Å². The largest absolute Gasteiger partial charge is 0.487 e. The Kier molecular flexibility index (Phi) is 11.8. The molecule has 0 fully saturated rings. The Morgan fingerprint density at radius 3 is 2.08 bits per heavy atom. The maximum absolute atomic E-state index is 12.1. The molecule has 0 unspecified atom stereocenters. The zero-order valence-electron chi connectivity index (χ0n) is 24.1. The molecule has 1 amide bonds. The predicted octanol–water partition coefficient (Wildman–Crippen LogP) is 5.07. The molecule has 2 rings (SSSR count). The molecule has 0 aromatic heterocycles. The van der Waals surface area contributed by atoms with Gasteiger partial charge in [0.2, 0.25) is 0 Å². The van der Waals surface area contributed by atoms with Gasteiger partial charge in [0.05, 0.1) is 19.1 Å². The molecular formula is C30H41NO9. The summed E-state index contributed by atoms with van der Waals surface area (Å²) in [4.78, 5) is 36.0. The first-order chi connectivity index (χ1) is 18.6. The van der Waals surface area contributed by atoms with E-state index in [4.69, 9.17) is 18.9 Å². The second-order valence-corrected chi connectivity index (χ2v) is 11.4. The number of aliphatic carboxylic acids is 2. The highest BCUT2D eigenvalue weighted by atomic mass is 16.6. The van der Waals surface area contributed by atoms with Crippen molar-refractivity contribution in [2.45, 2.75) is 78.2 Å². The van der Waals surface area contributed by atoms with Crippen LogP contribution in [0.1, 0.15) is 59.1 Å². The molecule has 2 atom stereocenters. The zero-order chi connectivity index (χ0) is 29.9. The Hall–Kier alpha value is -3.79. The summed E-state index contributed by atoms with van der Waals surface area (Å²) in [5.74, 6) is -2.74. The summed E-state index contributed by atoms with van der Waals surface area (Å²) < 4.78 is 22.8. The SMILES string of the molecule is CC(C)(C)OC(=O)N[C@@H](C[C@H](Cc1ccc(OCCOCc2ccccc2)c(OC(C)(C)C)c1)C(=O)O)C(=O)O. The van der Waals surface area contributed by atoms with E-state index >= 15 is 0 Å². The van der Waals surface area contributed by atoms with E-state index in [9.17, 15) is 24.6 Å². The van der Waals surface area contributed by atoms with Crippen LogP contribution in [0.4, 0.5) is 4.79 Å². The van der Waals surface area contributed by atoms with Crippen LogP contribution in [0.5, 0.6) is 11.5 Å². The molecule has 3 N–H and O–H groups in total. The van der Waals surface area contributed by atoms with E-state index in [2.05, 4.69) is 5.32 Å². The number of rotatable bonds is 14. The Morgan fingerprint density at radius 2 is 1.50 bits per heavy atom. The minimum atomic E-state index is -1.44. The molecule has 0 radical (unpaired) electrons. The van der Waals surface area contributed by atoms with Gasteiger partial charge in [0.15, 0.2) is 11.5 Å². The van der Waals surface area contributed by atoms with Gasteiger partial charge in [-0.25, -0.2) is 9.59 Å². The van der Waals surface area contributed by atoms with Gasteiger partial charge in [0.1, 0.15) is 23.9 Å². The lowest BCUT2D eigenvalue weighted by Crippen LogP contribution is -2.45. The normalized spacial score (nSPS) is 13.2. The zero-order valence-corrected chi connectivity index (χ0v) is 24.1. The lowest BCUT2D eigenvalue weighted by Gasteiger charge is -2.25. The van der Waals surface area contributed by atoms with Crippen molar-refractivity contribution in [1.29, 1.82) is 0 Å².